The van der Waals surface area contributed by atoms with Crippen molar-refractivity contribution >= 4 is 17.5 Å². The van der Waals surface area contributed by atoms with E-state index in [2.05, 4.69) is 54.8 Å². The monoisotopic (exact) mass is 413 g/mol. The molecule has 0 unspecified atom stereocenters. The molecule has 2 aromatic carbocycles. The molecule has 0 radical (unpaired) electrons. The number of rotatable bonds is 7. The first-order valence-corrected chi connectivity index (χ1v) is 10.9. The van der Waals surface area contributed by atoms with Crippen LogP contribution in [0.15, 0.2) is 48.5 Å². The number of carbonyl (C=O) groups excluding carboxylic acids is 1. The van der Waals surface area contributed by atoms with E-state index in [4.69, 9.17) is 11.6 Å². The van der Waals surface area contributed by atoms with Crippen LogP contribution in [-0.4, -0.2) is 59.4 Å². The average molecular weight is 414 g/mol. The molecule has 1 heterocycles. The molecule has 0 N–H and O–H groups in total. The summed E-state index contributed by atoms with van der Waals surface area (Å²) in [6.07, 6.45) is 0. The van der Waals surface area contributed by atoms with Gasteiger partial charge in [-0.25, -0.2) is 0 Å². The molecule has 0 spiro atoms. The molecule has 0 saturated carbocycles. The summed E-state index contributed by atoms with van der Waals surface area (Å²) in [6, 6.07) is 16.7. The number of carbonyl (C=O) groups is 1. The molecule has 1 saturated heterocycles. The number of hydrogen-bond donors (Lipinski definition) is 0. The third kappa shape index (κ3) is 6.05. The van der Waals surface area contributed by atoms with Crippen LogP contribution in [0.4, 0.5) is 0 Å². The minimum absolute atomic E-state index is 0.138. The topological polar surface area (TPSA) is 26.8 Å². The highest BCUT2D eigenvalue weighted by Crippen LogP contribution is 2.15. The molecule has 0 aromatic heterocycles. The van der Waals surface area contributed by atoms with E-state index >= 15 is 0 Å². The first-order valence-electron chi connectivity index (χ1n) is 10.6. The first kappa shape index (κ1) is 21.8. The van der Waals surface area contributed by atoms with Gasteiger partial charge >= 0.3 is 0 Å². The van der Waals surface area contributed by atoms with E-state index in [1.54, 1.807) is 0 Å². The molecular weight excluding hydrogens is 382 g/mol. The van der Waals surface area contributed by atoms with Gasteiger partial charge in [-0.3, -0.25) is 14.6 Å². The second-order valence-corrected chi connectivity index (χ2v) is 8.49. The molecule has 29 heavy (non-hydrogen) atoms. The maximum absolute atomic E-state index is 12.9. The zero-order chi connectivity index (χ0) is 20.8. The van der Waals surface area contributed by atoms with Gasteiger partial charge in [0, 0.05) is 55.9 Å². The number of halogens is 1. The Labute approximate surface area is 180 Å². The highest BCUT2D eigenvalue weighted by molar-refractivity contribution is 6.30. The van der Waals surface area contributed by atoms with Gasteiger partial charge in [-0.05, 0) is 55.8 Å². The smallest absolute Gasteiger partial charge is 0.253 e. The lowest BCUT2D eigenvalue weighted by Gasteiger charge is -2.34. The minimum atomic E-state index is 0.138. The van der Waals surface area contributed by atoms with Crippen molar-refractivity contribution in [2.24, 2.45) is 0 Å². The summed E-state index contributed by atoms with van der Waals surface area (Å²) in [6.45, 7) is 12.8. The van der Waals surface area contributed by atoms with Gasteiger partial charge in [-0.1, -0.05) is 42.8 Å². The van der Waals surface area contributed by atoms with Gasteiger partial charge in [0.05, 0.1) is 0 Å². The van der Waals surface area contributed by atoms with Crippen LogP contribution >= 0.6 is 11.6 Å². The van der Waals surface area contributed by atoms with Crippen LogP contribution in [0.25, 0.3) is 0 Å². The molecule has 1 fully saturated rings. The Morgan fingerprint density at radius 1 is 0.966 bits per heavy atom. The predicted molar refractivity (Wildman–Crippen MR) is 120 cm³/mol. The summed E-state index contributed by atoms with van der Waals surface area (Å²) in [7, 11) is 0. The maximum Gasteiger partial charge on any atom is 0.253 e. The molecule has 156 valence electrons. The molecule has 0 aliphatic carbocycles. The number of amides is 1. The first-order chi connectivity index (χ1) is 14.0. The quantitative estimate of drug-likeness (QED) is 0.667. The van der Waals surface area contributed by atoms with Crippen LogP contribution in [-0.2, 0) is 13.1 Å². The van der Waals surface area contributed by atoms with Crippen LogP contribution in [0, 0.1) is 0 Å². The van der Waals surface area contributed by atoms with Crippen LogP contribution in [0.3, 0.4) is 0 Å². The Morgan fingerprint density at radius 2 is 1.55 bits per heavy atom. The second-order valence-electron chi connectivity index (χ2n) is 8.05. The zero-order valence-corrected chi connectivity index (χ0v) is 18.5. The summed E-state index contributed by atoms with van der Waals surface area (Å²) < 4.78 is 0. The molecule has 4 nitrogen and oxygen atoms in total. The van der Waals surface area contributed by atoms with E-state index < -0.39 is 0 Å². The molecule has 2 aromatic rings. The average Bonchev–Trinajstić information content (AvgIpc) is 2.74. The molecule has 1 aliphatic rings. The Bertz CT molecular complexity index is 781. The largest absolute Gasteiger partial charge is 0.336 e. The number of hydrogen-bond acceptors (Lipinski definition) is 3. The lowest BCUT2D eigenvalue weighted by Crippen LogP contribution is -2.48. The third-order valence-corrected chi connectivity index (χ3v) is 5.95. The van der Waals surface area contributed by atoms with Gasteiger partial charge in [-0.15, -0.1) is 0 Å². The van der Waals surface area contributed by atoms with Crippen molar-refractivity contribution < 1.29 is 4.79 Å². The molecule has 0 bridgehead atoms. The molecular formula is C24H32ClN3O. The summed E-state index contributed by atoms with van der Waals surface area (Å²) in [4.78, 5) is 19.7. The van der Waals surface area contributed by atoms with Crippen LogP contribution in [0.5, 0.6) is 0 Å². The van der Waals surface area contributed by atoms with E-state index in [0.717, 1.165) is 56.4 Å². The van der Waals surface area contributed by atoms with E-state index in [9.17, 15) is 4.79 Å². The van der Waals surface area contributed by atoms with E-state index in [-0.39, 0.29) is 5.91 Å². The SMILES string of the molecule is CCN(Cc1ccc(C(=O)N2CCN(Cc3ccc(Cl)cc3)CC2)cc1)C(C)C. The molecule has 5 heteroatoms. The van der Waals surface area contributed by atoms with Crippen molar-refractivity contribution in [2.75, 3.05) is 32.7 Å². The van der Waals surface area contributed by atoms with Gasteiger partial charge in [0.2, 0.25) is 0 Å². The lowest BCUT2D eigenvalue weighted by atomic mass is 10.1. The minimum Gasteiger partial charge on any atom is -0.336 e. The number of nitrogens with zero attached hydrogens (tertiary/aromatic N) is 3. The maximum atomic E-state index is 12.9. The number of piperazine rings is 1. The van der Waals surface area contributed by atoms with Crippen molar-refractivity contribution in [3.8, 4) is 0 Å². The Hall–Kier alpha value is -1.88. The molecule has 0 atom stereocenters. The van der Waals surface area contributed by atoms with Gasteiger partial charge in [0.25, 0.3) is 5.91 Å². The zero-order valence-electron chi connectivity index (χ0n) is 17.8. The summed E-state index contributed by atoms with van der Waals surface area (Å²) in [5.74, 6) is 0.138. The summed E-state index contributed by atoms with van der Waals surface area (Å²) in [5, 5.41) is 0.766. The van der Waals surface area contributed by atoms with Crippen LogP contribution in [0.2, 0.25) is 5.02 Å². The third-order valence-electron chi connectivity index (χ3n) is 5.70. The van der Waals surface area contributed by atoms with Gasteiger partial charge in [-0.2, -0.15) is 0 Å². The summed E-state index contributed by atoms with van der Waals surface area (Å²) in [5.41, 5.74) is 3.30. The van der Waals surface area contributed by atoms with Crippen molar-refractivity contribution in [1.29, 1.82) is 0 Å². The highest BCUT2D eigenvalue weighted by Gasteiger charge is 2.22. The summed E-state index contributed by atoms with van der Waals surface area (Å²) >= 11 is 5.96. The molecule has 1 aliphatic heterocycles. The van der Waals surface area contributed by atoms with Crippen LogP contribution in [0.1, 0.15) is 42.3 Å². The highest BCUT2D eigenvalue weighted by atomic mass is 35.5. The molecule has 3 rings (SSSR count). The van der Waals surface area contributed by atoms with Crippen molar-refractivity contribution in [1.82, 2.24) is 14.7 Å². The lowest BCUT2D eigenvalue weighted by molar-refractivity contribution is 0.0628. The normalized spacial score (nSPS) is 15.3. The Kier molecular flexibility index (Phi) is 7.70. The Morgan fingerprint density at radius 3 is 2.10 bits per heavy atom. The fourth-order valence-corrected chi connectivity index (χ4v) is 3.91. The van der Waals surface area contributed by atoms with Gasteiger partial charge in [0.15, 0.2) is 0 Å². The van der Waals surface area contributed by atoms with E-state index in [1.165, 1.54) is 11.1 Å². The Balaban J connectivity index is 1.51. The molecule has 1 amide bonds. The van der Waals surface area contributed by atoms with Crippen molar-refractivity contribution in [3.05, 3.63) is 70.2 Å². The predicted octanol–water partition coefficient (Wildman–Crippen LogP) is 4.53. The van der Waals surface area contributed by atoms with Crippen LogP contribution < -0.4 is 0 Å². The number of benzene rings is 2. The van der Waals surface area contributed by atoms with Crippen molar-refractivity contribution in [3.63, 3.8) is 0 Å². The van der Waals surface area contributed by atoms with Crippen molar-refractivity contribution in [2.45, 2.75) is 39.9 Å². The fourth-order valence-electron chi connectivity index (χ4n) is 3.79. The standard InChI is InChI=1S/C24H32ClN3O/c1-4-27(19(2)3)18-21-5-9-22(10-6-21)24(29)28-15-13-26(14-16-28)17-20-7-11-23(25)12-8-20/h5-12,19H,4,13-18H2,1-3H3. The fraction of sp³-hybridized carbons (Fsp3) is 0.458. The van der Waals surface area contributed by atoms with Gasteiger partial charge in [0.1, 0.15) is 0 Å². The van der Waals surface area contributed by atoms with E-state index in [0.29, 0.717) is 6.04 Å². The van der Waals surface area contributed by atoms with Gasteiger partial charge < -0.3 is 4.90 Å². The van der Waals surface area contributed by atoms with E-state index in [1.807, 2.05) is 29.2 Å². The second kappa shape index (κ2) is 10.2.